The molecule has 29 heavy (non-hydrogen) atoms. The van der Waals surface area contributed by atoms with E-state index in [4.69, 9.17) is 5.11 Å². The molecular formula is C19H37Cl3N4O3. The lowest BCUT2D eigenvalue weighted by molar-refractivity contribution is -0.138. The predicted molar refractivity (Wildman–Crippen MR) is 122 cm³/mol. The Balaban J connectivity index is 0.00000261. The number of nitrogens with one attached hydrogen (secondary N) is 1. The van der Waals surface area contributed by atoms with E-state index in [1.54, 1.807) is 0 Å². The number of nitrogens with zero attached hydrogens (tertiary/aromatic N) is 3. The highest BCUT2D eigenvalue weighted by molar-refractivity contribution is 5.86. The number of amides is 1. The summed E-state index contributed by atoms with van der Waals surface area (Å²) in [7, 11) is 0. The number of carbonyl (C=O) groups is 2. The van der Waals surface area contributed by atoms with Crippen molar-refractivity contribution >= 4 is 49.1 Å². The Labute approximate surface area is 193 Å². The maximum atomic E-state index is 12.5. The summed E-state index contributed by atoms with van der Waals surface area (Å²) in [5.74, 6) is 0.317. The second-order valence-electron chi connectivity index (χ2n) is 8.05. The molecule has 3 aliphatic heterocycles. The van der Waals surface area contributed by atoms with E-state index < -0.39 is 5.97 Å². The zero-order valence-electron chi connectivity index (χ0n) is 17.1. The molecule has 3 rings (SSSR count). The SMILES string of the molecule is Cl.Cl.Cl.O=C(O)CN1CCC(N2CCN(C(=O)CCC3CCNCC3)CC2)CC1. The molecule has 172 valence electrons. The minimum absolute atomic E-state index is 0. The summed E-state index contributed by atoms with van der Waals surface area (Å²) in [6, 6.07) is 0.548. The van der Waals surface area contributed by atoms with Gasteiger partial charge < -0.3 is 15.3 Å². The number of carboxylic acid groups (broad SMARTS) is 1. The first-order chi connectivity index (χ1) is 12.6. The summed E-state index contributed by atoms with van der Waals surface area (Å²) >= 11 is 0. The van der Waals surface area contributed by atoms with E-state index in [2.05, 4.69) is 15.1 Å². The van der Waals surface area contributed by atoms with Crippen molar-refractivity contribution in [2.45, 2.75) is 44.6 Å². The lowest BCUT2D eigenvalue weighted by atomic mass is 9.93. The maximum Gasteiger partial charge on any atom is 0.317 e. The molecule has 3 fully saturated rings. The molecular weight excluding hydrogens is 439 g/mol. The number of carboxylic acids is 1. The molecule has 0 aromatic heterocycles. The average molecular weight is 476 g/mol. The number of hydrogen-bond acceptors (Lipinski definition) is 5. The average Bonchev–Trinajstić information content (AvgIpc) is 2.67. The highest BCUT2D eigenvalue weighted by atomic mass is 35.5. The van der Waals surface area contributed by atoms with Crippen molar-refractivity contribution in [1.29, 1.82) is 0 Å². The summed E-state index contributed by atoms with van der Waals surface area (Å²) in [6.07, 6.45) is 6.25. The van der Waals surface area contributed by atoms with Crippen molar-refractivity contribution in [2.75, 3.05) is 58.9 Å². The topological polar surface area (TPSA) is 76.1 Å². The fraction of sp³-hybridized carbons (Fsp3) is 0.895. The fourth-order valence-electron chi connectivity index (χ4n) is 4.63. The predicted octanol–water partition coefficient (Wildman–Crippen LogP) is 1.72. The van der Waals surface area contributed by atoms with E-state index in [9.17, 15) is 9.59 Å². The minimum Gasteiger partial charge on any atom is -0.480 e. The second-order valence-corrected chi connectivity index (χ2v) is 8.05. The zero-order valence-corrected chi connectivity index (χ0v) is 19.5. The van der Waals surface area contributed by atoms with E-state index >= 15 is 0 Å². The Morgan fingerprint density at radius 3 is 2.00 bits per heavy atom. The van der Waals surface area contributed by atoms with Crippen molar-refractivity contribution in [3.63, 3.8) is 0 Å². The fourth-order valence-corrected chi connectivity index (χ4v) is 4.63. The van der Waals surface area contributed by atoms with Crippen LogP contribution in [0.25, 0.3) is 0 Å². The Morgan fingerprint density at radius 2 is 1.45 bits per heavy atom. The Hall–Kier alpha value is -0.310. The molecule has 0 radical (unpaired) electrons. The molecule has 0 aromatic rings. The molecule has 7 nitrogen and oxygen atoms in total. The number of carbonyl (C=O) groups excluding carboxylic acids is 1. The number of hydrogen-bond donors (Lipinski definition) is 2. The summed E-state index contributed by atoms with van der Waals surface area (Å²) in [5, 5.41) is 12.3. The van der Waals surface area contributed by atoms with Crippen LogP contribution in [0.3, 0.4) is 0 Å². The van der Waals surface area contributed by atoms with Crippen LogP contribution in [0, 0.1) is 5.92 Å². The molecule has 0 atom stereocenters. The molecule has 1 amide bonds. The summed E-state index contributed by atoms with van der Waals surface area (Å²) in [4.78, 5) is 29.9. The van der Waals surface area contributed by atoms with Gasteiger partial charge in [0.15, 0.2) is 0 Å². The monoisotopic (exact) mass is 474 g/mol. The van der Waals surface area contributed by atoms with Gasteiger partial charge in [0, 0.05) is 51.7 Å². The molecule has 0 bridgehead atoms. The molecule has 3 aliphatic rings. The van der Waals surface area contributed by atoms with Gasteiger partial charge in [0.25, 0.3) is 0 Å². The van der Waals surface area contributed by atoms with Crippen LogP contribution in [0.2, 0.25) is 0 Å². The first-order valence-electron chi connectivity index (χ1n) is 10.3. The van der Waals surface area contributed by atoms with Crippen molar-refractivity contribution in [3.05, 3.63) is 0 Å². The van der Waals surface area contributed by atoms with Gasteiger partial charge in [-0.15, -0.1) is 37.2 Å². The zero-order chi connectivity index (χ0) is 18.4. The van der Waals surface area contributed by atoms with Gasteiger partial charge >= 0.3 is 5.97 Å². The summed E-state index contributed by atoms with van der Waals surface area (Å²) < 4.78 is 0. The van der Waals surface area contributed by atoms with Gasteiger partial charge in [-0.3, -0.25) is 19.4 Å². The van der Waals surface area contributed by atoms with E-state index in [0.29, 0.717) is 18.4 Å². The molecule has 3 saturated heterocycles. The Bertz CT molecular complexity index is 479. The first kappa shape index (κ1) is 28.7. The molecule has 0 aromatic carbocycles. The van der Waals surface area contributed by atoms with Crippen LogP contribution in [-0.2, 0) is 9.59 Å². The number of piperidine rings is 2. The van der Waals surface area contributed by atoms with Crippen LogP contribution in [0.1, 0.15) is 38.5 Å². The van der Waals surface area contributed by atoms with E-state index in [-0.39, 0.29) is 43.8 Å². The van der Waals surface area contributed by atoms with Gasteiger partial charge in [-0.1, -0.05) is 0 Å². The molecule has 0 saturated carbocycles. The van der Waals surface area contributed by atoms with Crippen LogP contribution >= 0.6 is 37.2 Å². The third kappa shape index (κ3) is 9.15. The highest BCUT2D eigenvalue weighted by Crippen LogP contribution is 2.21. The van der Waals surface area contributed by atoms with Gasteiger partial charge in [-0.2, -0.15) is 0 Å². The van der Waals surface area contributed by atoms with E-state index in [0.717, 1.165) is 77.5 Å². The van der Waals surface area contributed by atoms with E-state index in [1.807, 2.05) is 4.90 Å². The smallest absolute Gasteiger partial charge is 0.317 e. The van der Waals surface area contributed by atoms with Crippen molar-refractivity contribution in [3.8, 4) is 0 Å². The van der Waals surface area contributed by atoms with Crippen LogP contribution < -0.4 is 5.32 Å². The van der Waals surface area contributed by atoms with Crippen molar-refractivity contribution < 1.29 is 14.7 Å². The van der Waals surface area contributed by atoms with Crippen molar-refractivity contribution in [2.24, 2.45) is 5.92 Å². The molecule has 10 heteroatoms. The number of piperazine rings is 1. The lowest BCUT2D eigenvalue weighted by Crippen LogP contribution is -2.54. The quantitative estimate of drug-likeness (QED) is 0.609. The number of rotatable bonds is 6. The molecule has 3 heterocycles. The normalized spacial score (nSPS) is 22.1. The number of aliphatic carboxylic acids is 1. The van der Waals surface area contributed by atoms with Gasteiger partial charge in [-0.25, -0.2) is 0 Å². The lowest BCUT2D eigenvalue weighted by Gasteiger charge is -2.42. The molecule has 2 N–H and O–H groups in total. The van der Waals surface area contributed by atoms with Gasteiger partial charge in [0.05, 0.1) is 6.54 Å². The standard InChI is InChI=1S/C19H34N4O3.3ClH/c24-18(2-1-16-3-7-20-8-4-16)23-13-11-22(12-14-23)17-5-9-21(10-6-17)15-19(25)26;;;/h16-17,20H,1-15H2,(H,25,26);3*1H. The van der Waals surface area contributed by atoms with E-state index in [1.165, 1.54) is 12.8 Å². The molecule has 0 unspecified atom stereocenters. The third-order valence-corrected chi connectivity index (χ3v) is 6.32. The maximum absolute atomic E-state index is 12.5. The summed E-state index contributed by atoms with van der Waals surface area (Å²) in [6.45, 7) is 7.71. The third-order valence-electron chi connectivity index (χ3n) is 6.32. The van der Waals surface area contributed by atoms with Crippen molar-refractivity contribution in [1.82, 2.24) is 20.0 Å². The van der Waals surface area contributed by atoms with Gasteiger partial charge in [0.1, 0.15) is 0 Å². The highest BCUT2D eigenvalue weighted by Gasteiger charge is 2.29. The largest absolute Gasteiger partial charge is 0.480 e. The van der Waals surface area contributed by atoms with Gasteiger partial charge in [0.2, 0.25) is 5.91 Å². The van der Waals surface area contributed by atoms with Crippen LogP contribution in [0.5, 0.6) is 0 Å². The molecule has 0 spiro atoms. The molecule has 0 aliphatic carbocycles. The second kappa shape index (κ2) is 14.7. The van der Waals surface area contributed by atoms with Crippen LogP contribution in [0.4, 0.5) is 0 Å². The van der Waals surface area contributed by atoms with Crippen LogP contribution in [0.15, 0.2) is 0 Å². The number of likely N-dealkylation sites (tertiary alicyclic amines) is 1. The first-order valence-corrected chi connectivity index (χ1v) is 10.3. The minimum atomic E-state index is -0.736. The Kier molecular flexibility index (Phi) is 14.5. The summed E-state index contributed by atoms with van der Waals surface area (Å²) in [5.41, 5.74) is 0. The Morgan fingerprint density at radius 1 is 0.862 bits per heavy atom. The number of halogens is 3. The van der Waals surface area contributed by atoms with Gasteiger partial charge in [-0.05, 0) is 51.1 Å². The van der Waals surface area contributed by atoms with Crippen LogP contribution in [-0.4, -0.2) is 96.6 Å².